The van der Waals surface area contributed by atoms with Crippen LogP contribution in [-0.2, 0) is 6.54 Å². The van der Waals surface area contributed by atoms with Crippen molar-refractivity contribution in [1.29, 1.82) is 0 Å². The largest absolute Gasteiger partial charge is 0.390 e. The van der Waals surface area contributed by atoms with E-state index in [-0.39, 0.29) is 0 Å². The lowest BCUT2D eigenvalue weighted by Crippen LogP contribution is -2.37. The zero-order chi connectivity index (χ0) is 16.8. The Labute approximate surface area is 135 Å². The Morgan fingerprint density at radius 1 is 0.957 bits per heavy atom. The topological polar surface area (TPSA) is 26.7 Å². The third-order valence-corrected chi connectivity index (χ3v) is 3.65. The number of halogens is 2. The predicted octanol–water partition coefficient (Wildman–Crippen LogP) is 2.89. The summed E-state index contributed by atoms with van der Waals surface area (Å²) >= 11 is 0. The van der Waals surface area contributed by atoms with Gasteiger partial charge < -0.3 is 10.0 Å². The van der Waals surface area contributed by atoms with Gasteiger partial charge in [-0.1, -0.05) is 30.3 Å². The molecule has 124 valence electrons. The van der Waals surface area contributed by atoms with Gasteiger partial charge in [0.05, 0.1) is 6.10 Å². The second kappa shape index (κ2) is 8.04. The summed E-state index contributed by atoms with van der Waals surface area (Å²) in [5.41, 5.74) is 1.71. The molecular weight excluding hydrogens is 298 g/mol. The zero-order valence-electron chi connectivity index (χ0n) is 13.4. The van der Waals surface area contributed by atoms with Crippen LogP contribution in [0.2, 0.25) is 0 Å². The Balaban J connectivity index is 1.85. The SMILES string of the molecule is CN(Cc1ccccc1)CC(O)CN(C)c1ccc(F)c(F)c1. The molecule has 3 nitrogen and oxygen atoms in total. The van der Waals surface area contributed by atoms with Crippen LogP contribution >= 0.6 is 0 Å². The lowest BCUT2D eigenvalue weighted by Gasteiger charge is -2.26. The van der Waals surface area contributed by atoms with E-state index in [0.29, 0.717) is 18.8 Å². The summed E-state index contributed by atoms with van der Waals surface area (Å²) in [6.45, 7) is 1.57. The van der Waals surface area contributed by atoms with Crippen molar-refractivity contribution in [2.45, 2.75) is 12.6 Å². The second-order valence-corrected chi connectivity index (χ2v) is 5.82. The van der Waals surface area contributed by atoms with Crippen LogP contribution < -0.4 is 4.90 Å². The Morgan fingerprint density at radius 2 is 1.65 bits per heavy atom. The van der Waals surface area contributed by atoms with Crippen LogP contribution in [0.25, 0.3) is 0 Å². The third-order valence-electron chi connectivity index (χ3n) is 3.65. The minimum absolute atomic E-state index is 0.338. The number of likely N-dealkylation sites (N-methyl/N-ethyl adjacent to an activating group) is 2. The monoisotopic (exact) mass is 320 g/mol. The third kappa shape index (κ3) is 5.30. The molecule has 0 aromatic heterocycles. The molecule has 1 atom stereocenters. The van der Waals surface area contributed by atoms with Gasteiger partial charge in [0.15, 0.2) is 11.6 Å². The van der Waals surface area contributed by atoms with Gasteiger partial charge in [-0.15, -0.1) is 0 Å². The van der Waals surface area contributed by atoms with E-state index in [1.807, 2.05) is 42.3 Å². The quantitative estimate of drug-likeness (QED) is 0.850. The van der Waals surface area contributed by atoms with Crippen molar-refractivity contribution in [1.82, 2.24) is 4.90 Å². The van der Waals surface area contributed by atoms with E-state index in [9.17, 15) is 13.9 Å². The number of hydrogen-bond donors (Lipinski definition) is 1. The average molecular weight is 320 g/mol. The predicted molar refractivity (Wildman–Crippen MR) is 88.4 cm³/mol. The average Bonchev–Trinajstić information content (AvgIpc) is 2.50. The fraction of sp³-hybridized carbons (Fsp3) is 0.333. The van der Waals surface area contributed by atoms with Crippen LogP contribution in [0.3, 0.4) is 0 Å². The molecule has 0 aliphatic carbocycles. The molecule has 0 radical (unpaired) electrons. The maximum absolute atomic E-state index is 13.3. The zero-order valence-corrected chi connectivity index (χ0v) is 13.4. The number of aliphatic hydroxyl groups excluding tert-OH is 1. The molecule has 0 bridgehead atoms. The van der Waals surface area contributed by atoms with Crippen LogP contribution in [-0.4, -0.2) is 43.3 Å². The minimum Gasteiger partial charge on any atom is -0.390 e. The van der Waals surface area contributed by atoms with Gasteiger partial charge in [-0.2, -0.15) is 0 Å². The molecule has 0 spiro atoms. The van der Waals surface area contributed by atoms with E-state index >= 15 is 0 Å². The summed E-state index contributed by atoms with van der Waals surface area (Å²) in [5.74, 6) is -1.75. The molecule has 0 saturated carbocycles. The number of benzene rings is 2. The van der Waals surface area contributed by atoms with E-state index in [1.54, 1.807) is 11.9 Å². The highest BCUT2D eigenvalue weighted by Crippen LogP contribution is 2.17. The van der Waals surface area contributed by atoms with Crippen molar-refractivity contribution < 1.29 is 13.9 Å². The molecule has 2 rings (SSSR count). The molecular formula is C18H22F2N2O. The van der Waals surface area contributed by atoms with E-state index in [4.69, 9.17) is 0 Å². The molecule has 0 saturated heterocycles. The smallest absolute Gasteiger partial charge is 0.160 e. The molecule has 5 heteroatoms. The summed E-state index contributed by atoms with van der Waals surface area (Å²) in [7, 11) is 3.68. The molecule has 1 unspecified atom stereocenters. The van der Waals surface area contributed by atoms with Crippen molar-refractivity contribution in [3.63, 3.8) is 0 Å². The summed E-state index contributed by atoms with van der Waals surface area (Å²) < 4.78 is 26.2. The summed E-state index contributed by atoms with van der Waals surface area (Å²) in [6, 6.07) is 13.7. The first-order chi connectivity index (χ1) is 11.0. The normalized spacial score (nSPS) is 12.4. The summed E-state index contributed by atoms with van der Waals surface area (Å²) in [5, 5.41) is 10.2. The highest BCUT2D eigenvalue weighted by Gasteiger charge is 2.13. The van der Waals surface area contributed by atoms with Gasteiger partial charge >= 0.3 is 0 Å². The number of aliphatic hydroxyl groups is 1. The fourth-order valence-corrected chi connectivity index (χ4v) is 2.52. The van der Waals surface area contributed by atoms with Crippen LogP contribution in [0.5, 0.6) is 0 Å². The first-order valence-electron chi connectivity index (χ1n) is 7.52. The van der Waals surface area contributed by atoms with E-state index in [1.165, 1.54) is 11.6 Å². The number of rotatable bonds is 7. The Bertz CT molecular complexity index is 622. The minimum atomic E-state index is -0.884. The molecule has 0 aliphatic heterocycles. The Morgan fingerprint density at radius 3 is 2.30 bits per heavy atom. The van der Waals surface area contributed by atoms with Gasteiger partial charge in [-0.05, 0) is 24.7 Å². The van der Waals surface area contributed by atoms with E-state index in [0.717, 1.165) is 18.7 Å². The lowest BCUT2D eigenvalue weighted by atomic mass is 10.2. The van der Waals surface area contributed by atoms with Crippen LogP contribution in [0.15, 0.2) is 48.5 Å². The molecule has 0 aliphatic rings. The lowest BCUT2D eigenvalue weighted by molar-refractivity contribution is 0.128. The van der Waals surface area contributed by atoms with E-state index < -0.39 is 17.7 Å². The van der Waals surface area contributed by atoms with Gasteiger partial charge in [0.25, 0.3) is 0 Å². The van der Waals surface area contributed by atoms with Gasteiger partial charge in [0.1, 0.15) is 0 Å². The molecule has 2 aromatic carbocycles. The van der Waals surface area contributed by atoms with Gasteiger partial charge in [0.2, 0.25) is 0 Å². The highest BCUT2D eigenvalue weighted by molar-refractivity contribution is 5.46. The molecule has 23 heavy (non-hydrogen) atoms. The molecule has 1 N–H and O–H groups in total. The van der Waals surface area contributed by atoms with Crippen LogP contribution in [0.1, 0.15) is 5.56 Å². The Kier molecular flexibility index (Phi) is 6.07. The van der Waals surface area contributed by atoms with Crippen LogP contribution in [0, 0.1) is 11.6 Å². The second-order valence-electron chi connectivity index (χ2n) is 5.82. The van der Waals surface area contributed by atoms with E-state index in [2.05, 4.69) is 0 Å². The first-order valence-corrected chi connectivity index (χ1v) is 7.52. The van der Waals surface area contributed by atoms with Gasteiger partial charge in [-0.3, -0.25) is 4.90 Å². The fourth-order valence-electron chi connectivity index (χ4n) is 2.52. The van der Waals surface area contributed by atoms with Gasteiger partial charge in [0, 0.05) is 38.4 Å². The first kappa shape index (κ1) is 17.4. The Hall–Kier alpha value is -1.98. The number of hydrogen-bond acceptors (Lipinski definition) is 3. The molecule has 0 fully saturated rings. The molecule has 0 heterocycles. The standard InChI is InChI=1S/C18H22F2N2O/c1-21(11-14-6-4-3-5-7-14)12-16(23)13-22(2)15-8-9-17(19)18(20)10-15/h3-10,16,23H,11-13H2,1-2H3. The van der Waals surface area contributed by atoms with Crippen molar-refractivity contribution in [3.8, 4) is 0 Å². The van der Waals surface area contributed by atoms with Crippen molar-refractivity contribution in [3.05, 3.63) is 65.7 Å². The highest BCUT2D eigenvalue weighted by atomic mass is 19.2. The van der Waals surface area contributed by atoms with Crippen molar-refractivity contribution >= 4 is 5.69 Å². The summed E-state index contributed by atoms with van der Waals surface area (Å²) in [6.07, 6.45) is -0.596. The number of anilines is 1. The maximum Gasteiger partial charge on any atom is 0.160 e. The summed E-state index contributed by atoms with van der Waals surface area (Å²) in [4.78, 5) is 3.74. The van der Waals surface area contributed by atoms with Crippen molar-refractivity contribution in [2.75, 3.05) is 32.1 Å². The molecule has 0 amide bonds. The molecule has 2 aromatic rings. The van der Waals surface area contributed by atoms with Crippen LogP contribution in [0.4, 0.5) is 14.5 Å². The van der Waals surface area contributed by atoms with Gasteiger partial charge in [-0.25, -0.2) is 8.78 Å². The number of nitrogens with zero attached hydrogens (tertiary/aromatic N) is 2. The van der Waals surface area contributed by atoms with Crippen molar-refractivity contribution in [2.24, 2.45) is 0 Å². The maximum atomic E-state index is 13.3.